The van der Waals surface area contributed by atoms with Crippen LogP contribution in [0.5, 0.6) is 11.5 Å². The lowest BCUT2D eigenvalue weighted by molar-refractivity contribution is -0.140. The van der Waals surface area contributed by atoms with Gasteiger partial charge in [0.15, 0.2) is 11.5 Å². The maximum absolute atomic E-state index is 14.3. The Balaban J connectivity index is 1.56. The number of sulfonamides is 1. The van der Waals surface area contributed by atoms with Crippen LogP contribution in [-0.4, -0.2) is 133 Å². The monoisotopic (exact) mass is 998 g/mol. The molecule has 0 aliphatic carbocycles. The number of ether oxygens (including phenoxy) is 2. The molecule has 0 radical (unpaired) electrons. The van der Waals surface area contributed by atoms with Crippen molar-refractivity contribution in [3.05, 3.63) is 89.9 Å². The van der Waals surface area contributed by atoms with E-state index in [0.717, 1.165) is 24.3 Å². The van der Waals surface area contributed by atoms with Crippen molar-refractivity contribution in [3.8, 4) is 11.5 Å². The standard InChI is InChI=1S/C44H51FN8O16S/c1-68-34-13-10-26(19-35(34)69-2)70(66,67)53-33(20-39(59)60)44(65)51-30(12-15-38(57)58)41(62)48-22-36(54)49-31(17-23-6-5-7-25(45)16-23)42(63)52-32(18-24-21-47-28-9-4-3-8-27(24)28)43(64)50-29(40(46)61)11-14-37(55)56/h3-10,13,16,19,21,29-33,47,53H,11-12,14-15,17-18,20,22H2,1-2H3,(H2,46,61)(H,48,62)(H,49,54)(H,50,64)(H,51,65)(H,52,63)(H,55,56)(H,57,58)(H,59,60). The zero-order valence-corrected chi connectivity index (χ0v) is 38.3. The van der Waals surface area contributed by atoms with Gasteiger partial charge in [0.05, 0.1) is 32.1 Å². The first-order valence-electron chi connectivity index (χ1n) is 21.1. The van der Waals surface area contributed by atoms with Gasteiger partial charge in [0.1, 0.15) is 36.0 Å². The largest absolute Gasteiger partial charge is 0.493 e. The fourth-order valence-electron chi connectivity index (χ4n) is 6.88. The number of rotatable bonds is 28. The van der Waals surface area contributed by atoms with Crippen LogP contribution in [0.4, 0.5) is 4.39 Å². The molecule has 0 saturated heterocycles. The molecule has 6 amide bonds. The van der Waals surface area contributed by atoms with E-state index in [0.29, 0.717) is 16.5 Å². The SMILES string of the molecule is COc1ccc(S(=O)(=O)NC(CC(=O)O)C(=O)NC(CCC(=O)O)C(=O)NCC(=O)NC(Cc2cccc(F)c2)C(=O)NC(Cc2c[nH]c3ccccc23)C(=O)NC(CCC(=O)O)C(N)=O)cc1OC. The molecule has 12 N–H and O–H groups in total. The maximum Gasteiger partial charge on any atom is 0.305 e. The van der Waals surface area contributed by atoms with E-state index < -0.39 is 149 Å². The number of carboxylic acid groups (broad SMARTS) is 3. The van der Waals surface area contributed by atoms with Crippen LogP contribution in [0.3, 0.4) is 0 Å². The number of nitrogens with one attached hydrogen (secondary N) is 7. The summed E-state index contributed by atoms with van der Waals surface area (Å²) in [6, 6.07) is 6.71. The van der Waals surface area contributed by atoms with E-state index in [2.05, 4.69) is 31.6 Å². The summed E-state index contributed by atoms with van der Waals surface area (Å²) in [6.07, 6.45) is -2.55. The van der Waals surface area contributed by atoms with Crippen LogP contribution in [0.1, 0.15) is 43.2 Å². The zero-order valence-electron chi connectivity index (χ0n) is 37.5. The van der Waals surface area contributed by atoms with Gasteiger partial charge in [-0.05, 0) is 54.3 Å². The summed E-state index contributed by atoms with van der Waals surface area (Å²) < 4.78 is 53.1. The first-order valence-corrected chi connectivity index (χ1v) is 22.6. The van der Waals surface area contributed by atoms with E-state index in [-0.39, 0.29) is 23.5 Å². The Morgan fingerprint density at radius 3 is 1.89 bits per heavy atom. The van der Waals surface area contributed by atoms with Crippen LogP contribution in [0, 0.1) is 5.82 Å². The number of aromatic nitrogens is 1. The van der Waals surface area contributed by atoms with Gasteiger partial charge in [-0.3, -0.25) is 43.2 Å². The van der Waals surface area contributed by atoms with Gasteiger partial charge in [0.2, 0.25) is 45.5 Å². The van der Waals surface area contributed by atoms with E-state index in [1.807, 2.05) is 4.72 Å². The Labute approximate surface area is 398 Å². The van der Waals surface area contributed by atoms with Crippen LogP contribution in [0.15, 0.2) is 77.8 Å². The van der Waals surface area contributed by atoms with Crippen LogP contribution in [0.25, 0.3) is 10.9 Å². The third kappa shape index (κ3) is 16.3. The number of hydrogen-bond donors (Lipinski definition) is 11. The Kier molecular flexibility index (Phi) is 19.7. The molecule has 70 heavy (non-hydrogen) atoms. The number of aliphatic carboxylic acids is 3. The second-order valence-corrected chi connectivity index (χ2v) is 17.2. The highest BCUT2D eigenvalue weighted by atomic mass is 32.2. The van der Waals surface area contributed by atoms with Gasteiger partial charge in [0, 0.05) is 48.8 Å². The third-order valence-electron chi connectivity index (χ3n) is 10.4. The lowest BCUT2D eigenvalue weighted by atomic mass is 10.0. The van der Waals surface area contributed by atoms with Gasteiger partial charge >= 0.3 is 17.9 Å². The summed E-state index contributed by atoms with van der Waals surface area (Å²) in [7, 11) is -2.16. The molecule has 5 unspecified atom stereocenters. The molecule has 4 aromatic rings. The number of methoxy groups -OCH3 is 2. The van der Waals surface area contributed by atoms with E-state index in [4.69, 9.17) is 15.2 Å². The number of carbonyl (C=O) groups excluding carboxylic acids is 6. The van der Waals surface area contributed by atoms with Crippen molar-refractivity contribution < 1.29 is 80.8 Å². The minimum Gasteiger partial charge on any atom is -0.493 e. The molecule has 26 heteroatoms. The molecule has 4 rings (SSSR count). The number of nitrogens with two attached hydrogens (primary N) is 1. The third-order valence-corrected chi connectivity index (χ3v) is 11.8. The highest BCUT2D eigenvalue weighted by Crippen LogP contribution is 2.29. The number of halogens is 1. The van der Waals surface area contributed by atoms with Crippen molar-refractivity contribution in [2.45, 2.75) is 80.1 Å². The highest BCUT2D eigenvalue weighted by molar-refractivity contribution is 7.89. The summed E-state index contributed by atoms with van der Waals surface area (Å²) >= 11 is 0. The summed E-state index contributed by atoms with van der Waals surface area (Å²) in [6.45, 7) is -0.960. The molecule has 24 nitrogen and oxygen atoms in total. The van der Waals surface area contributed by atoms with Crippen LogP contribution < -0.4 is 46.5 Å². The molecule has 1 aromatic heterocycles. The number of para-hydroxylation sites is 1. The fourth-order valence-corrected chi connectivity index (χ4v) is 8.09. The number of benzene rings is 3. The number of primary amides is 1. The molecule has 0 saturated carbocycles. The van der Waals surface area contributed by atoms with Gasteiger partial charge in [-0.25, -0.2) is 12.8 Å². The quantitative estimate of drug-likeness (QED) is 0.0332. The fraction of sp³-hybridized carbons (Fsp3) is 0.341. The number of H-pyrrole nitrogens is 1. The highest BCUT2D eigenvalue weighted by Gasteiger charge is 2.34. The number of aromatic amines is 1. The smallest absolute Gasteiger partial charge is 0.305 e. The van der Waals surface area contributed by atoms with Crippen LogP contribution in [-0.2, 0) is 66.0 Å². The minimum atomic E-state index is -4.68. The lowest BCUT2D eigenvalue weighted by Crippen LogP contribution is -2.58. The van der Waals surface area contributed by atoms with Crippen molar-refractivity contribution in [1.29, 1.82) is 0 Å². The van der Waals surface area contributed by atoms with Gasteiger partial charge in [-0.1, -0.05) is 30.3 Å². The van der Waals surface area contributed by atoms with Gasteiger partial charge in [-0.15, -0.1) is 0 Å². The first kappa shape index (κ1) is 54.5. The summed E-state index contributed by atoms with van der Waals surface area (Å²) in [5.41, 5.74) is 6.81. The molecule has 0 aliphatic rings. The normalized spacial score (nSPS) is 13.3. The molecule has 1 heterocycles. The van der Waals surface area contributed by atoms with Crippen molar-refractivity contribution in [2.75, 3.05) is 20.8 Å². The van der Waals surface area contributed by atoms with Crippen LogP contribution in [0.2, 0.25) is 0 Å². The molecule has 0 fully saturated rings. The number of carboxylic acids is 3. The average molecular weight is 999 g/mol. The topological polar surface area (TPSA) is 381 Å². The van der Waals surface area contributed by atoms with Gasteiger partial charge in [0.25, 0.3) is 0 Å². The first-order chi connectivity index (χ1) is 33.1. The predicted octanol–water partition coefficient (Wildman–Crippen LogP) is -0.798. The number of amides is 6. The van der Waals surface area contributed by atoms with Crippen LogP contribution >= 0.6 is 0 Å². The van der Waals surface area contributed by atoms with Gasteiger partial charge in [-0.2, -0.15) is 4.72 Å². The molecule has 3 aromatic carbocycles. The molecule has 0 spiro atoms. The Bertz CT molecular complexity index is 2720. The number of carbonyl (C=O) groups is 9. The number of hydrogen-bond acceptors (Lipinski definition) is 13. The molecule has 0 aliphatic heterocycles. The van der Waals surface area contributed by atoms with E-state index in [1.165, 1.54) is 32.4 Å². The average Bonchev–Trinajstić information content (AvgIpc) is 3.71. The van der Waals surface area contributed by atoms with Crippen molar-refractivity contribution in [2.24, 2.45) is 5.73 Å². The Hall–Kier alpha value is -8.13. The summed E-state index contributed by atoms with van der Waals surface area (Å²) in [5, 5.41) is 40.3. The summed E-state index contributed by atoms with van der Waals surface area (Å²) in [5.74, 6) is -11.7. The Morgan fingerprint density at radius 1 is 0.671 bits per heavy atom. The lowest BCUT2D eigenvalue weighted by Gasteiger charge is -2.25. The van der Waals surface area contributed by atoms with Gasteiger partial charge < -0.3 is 62.1 Å². The molecule has 376 valence electrons. The van der Waals surface area contributed by atoms with E-state index >= 15 is 0 Å². The Morgan fingerprint density at radius 2 is 1.27 bits per heavy atom. The van der Waals surface area contributed by atoms with E-state index in [9.17, 15) is 71.3 Å². The second-order valence-electron chi connectivity index (χ2n) is 15.5. The second kappa shape index (κ2) is 25.3. The molecule has 0 bridgehead atoms. The maximum atomic E-state index is 14.3. The predicted molar refractivity (Wildman–Crippen MR) is 242 cm³/mol. The van der Waals surface area contributed by atoms with Crippen molar-refractivity contribution in [1.82, 2.24) is 36.3 Å². The molecular formula is C44H51FN8O16S. The minimum absolute atomic E-state index is 0.0282. The molecular weight excluding hydrogens is 948 g/mol. The number of fused-ring (bicyclic) bond motifs is 1. The van der Waals surface area contributed by atoms with E-state index in [1.54, 1.807) is 30.5 Å². The zero-order chi connectivity index (χ0) is 51.7. The van der Waals surface area contributed by atoms with Crippen molar-refractivity contribution in [3.63, 3.8) is 0 Å². The summed E-state index contributed by atoms with van der Waals surface area (Å²) in [4.78, 5) is 118. The molecule has 5 atom stereocenters. The van der Waals surface area contributed by atoms with Crippen molar-refractivity contribution >= 4 is 74.3 Å².